The van der Waals surface area contributed by atoms with Crippen molar-refractivity contribution in [2.24, 2.45) is 0 Å². The van der Waals surface area contributed by atoms with E-state index in [-0.39, 0.29) is 5.91 Å². The van der Waals surface area contributed by atoms with E-state index in [4.69, 9.17) is 0 Å². The summed E-state index contributed by atoms with van der Waals surface area (Å²) in [6.45, 7) is 1.97. The minimum Gasteiger partial charge on any atom is -0.344 e. The van der Waals surface area contributed by atoms with E-state index in [0.717, 1.165) is 27.6 Å². The summed E-state index contributed by atoms with van der Waals surface area (Å²) in [4.78, 5) is 19.9. The van der Waals surface area contributed by atoms with Gasteiger partial charge in [-0.25, -0.2) is 4.98 Å². The molecule has 0 aliphatic carbocycles. The van der Waals surface area contributed by atoms with Crippen molar-refractivity contribution in [3.63, 3.8) is 0 Å². The third kappa shape index (κ3) is 2.01. The number of hydrogen-bond acceptors (Lipinski definition) is 3. The molecule has 6 nitrogen and oxygen atoms in total. The number of carbonyl (C=O) groups excluding carboxylic acids is 1. The van der Waals surface area contributed by atoms with Crippen LogP contribution >= 0.6 is 0 Å². The Bertz CT molecular complexity index is 998. The first-order valence-electron chi connectivity index (χ1n) is 6.90. The summed E-state index contributed by atoms with van der Waals surface area (Å²) in [5.74, 6) is -0.180. The Hall–Kier alpha value is -3.15. The number of benzene rings is 1. The van der Waals surface area contributed by atoms with Gasteiger partial charge in [-0.3, -0.25) is 9.89 Å². The number of carbonyl (C=O) groups is 1. The van der Waals surface area contributed by atoms with Gasteiger partial charge in [-0.05, 0) is 31.2 Å². The van der Waals surface area contributed by atoms with E-state index in [1.165, 1.54) is 0 Å². The first-order chi connectivity index (χ1) is 10.7. The highest BCUT2D eigenvalue weighted by atomic mass is 16.1. The lowest BCUT2D eigenvalue weighted by Gasteiger charge is -2.05. The highest BCUT2D eigenvalue weighted by molar-refractivity contribution is 6.12. The molecule has 0 saturated heterocycles. The van der Waals surface area contributed by atoms with Gasteiger partial charge in [0.05, 0.1) is 23.0 Å². The molecule has 0 atom stereocenters. The summed E-state index contributed by atoms with van der Waals surface area (Å²) in [7, 11) is 0. The van der Waals surface area contributed by atoms with Crippen LogP contribution < -0.4 is 5.32 Å². The third-order valence-electron chi connectivity index (χ3n) is 3.58. The van der Waals surface area contributed by atoms with E-state index in [2.05, 4.69) is 25.5 Å². The number of rotatable bonds is 2. The maximum absolute atomic E-state index is 12.5. The molecule has 0 aliphatic rings. The van der Waals surface area contributed by atoms with Crippen molar-refractivity contribution in [1.82, 2.24) is 20.2 Å². The molecule has 0 bridgehead atoms. The van der Waals surface area contributed by atoms with Gasteiger partial charge in [-0.15, -0.1) is 0 Å². The van der Waals surface area contributed by atoms with Crippen LogP contribution in [0.15, 0.2) is 42.7 Å². The van der Waals surface area contributed by atoms with Gasteiger partial charge in [0.15, 0.2) is 0 Å². The van der Waals surface area contributed by atoms with Crippen LogP contribution in [0.5, 0.6) is 0 Å². The molecular weight excluding hydrogens is 278 g/mol. The van der Waals surface area contributed by atoms with Gasteiger partial charge in [0.2, 0.25) is 0 Å². The minimum atomic E-state index is -0.180. The average Bonchev–Trinajstić information content (AvgIpc) is 3.11. The number of aromatic amines is 2. The first-order valence-corrected chi connectivity index (χ1v) is 6.90. The van der Waals surface area contributed by atoms with Gasteiger partial charge in [-0.2, -0.15) is 5.10 Å². The molecule has 22 heavy (non-hydrogen) atoms. The number of nitrogens with zero attached hydrogens (tertiary/aromatic N) is 2. The number of aryl methyl sites for hydroxylation is 1. The summed E-state index contributed by atoms with van der Waals surface area (Å²) >= 11 is 0. The van der Waals surface area contributed by atoms with Crippen molar-refractivity contribution in [2.45, 2.75) is 6.92 Å². The Balaban J connectivity index is 1.69. The molecule has 4 rings (SSSR count). The van der Waals surface area contributed by atoms with Crippen molar-refractivity contribution >= 4 is 33.5 Å². The van der Waals surface area contributed by atoms with Crippen molar-refractivity contribution in [3.05, 3.63) is 54.0 Å². The lowest BCUT2D eigenvalue weighted by molar-refractivity contribution is 0.102. The van der Waals surface area contributed by atoms with Crippen LogP contribution in [0.2, 0.25) is 0 Å². The second-order valence-corrected chi connectivity index (χ2v) is 5.19. The number of anilines is 1. The lowest BCUT2D eigenvalue weighted by Crippen LogP contribution is -2.12. The van der Waals surface area contributed by atoms with E-state index in [1.54, 1.807) is 18.5 Å². The molecule has 6 heteroatoms. The Kier molecular flexibility index (Phi) is 2.69. The Morgan fingerprint density at radius 2 is 2.18 bits per heavy atom. The number of aromatic nitrogens is 4. The van der Waals surface area contributed by atoms with E-state index in [9.17, 15) is 4.79 Å². The predicted octanol–water partition coefficient (Wildman–Crippen LogP) is 3.00. The third-order valence-corrected chi connectivity index (χ3v) is 3.58. The molecule has 1 aromatic carbocycles. The normalized spacial score (nSPS) is 11.1. The standard InChI is InChI=1S/C16H13N5O/c1-9-5-10-6-11(7-17-15(10)19-9)20-16(22)12-3-2-4-14-13(12)8-18-21-14/h2-8H,1H3,(H,17,19)(H,18,21)(H,20,22). The quantitative estimate of drug-likeness (QED) is 0.530. The largest absolute Gasteiger partial charge is 0.344 e. The fourth-order valence-electron chi connectivity index (χ4n) is 2.59. The summed E-state index contributed by atoms with van der Waals surface area (Å²) in [5, 5.41) is 11.5. The summed E-state index contributed by atoms with van der Waals surface area (Å²) in [6, 6.07) is 9.35. The van der Waals surface area contributed by atoms with E-state index in [0.29, 0.717) is 11.3 Å². The Morgan fingerprint density at radius 1 is 1.27 bits per heavy atom. The van der Waals surface area contributed by atoms with Gasteiger partial charge < -0.3 is 10.3 Å². The summed E-state index contributed by atoms with van der Waals surface area (Å²) in [5.41, 5.74) is 3.86. The van der Waals surface area contributed by atoms with Crippen LogP contribution in [0.3, 0.4) is 0 Å². The second kappa shape index (κ2) is 4.70. The number of pyridine rings is 1. The monoisotopic (exact) mass is 291 g/mol. The van der Waals surface area contributed by atoms with Crippen LogP contribution in [-0.2, 0) is 0 Å². The van der Waals surface area contributed by atoms with Crippen LogP contribution in [0.1, 0.15) is 16.1 Å². The molecule has 0 radical (unpaired) electrons. The minimum absolute atomic E-state index is 0.180. The van der Waals surface area contributed by atoms with Gasteiger partial charge in [-0.1, -0.05) is 6.07 Å². The van der Waals surface area contributed by atoms with Gasteiger partial charge in [0.25, 0.3) is 5.91 Å². The molecule has 4 aromatic rings. The smallest absolute Gasteiger partial charge is 0.256 e. The Morgan fingerprint density at radius 3 is 3.09 bits per heavy atom. The molecule has 108 valence electrons. The first kappa shape index (κ1) is 12.6. The fourth-order valence-corrected chi connectivity index (χ4v) is 2.59. The lowest BCUT2D eigenvalue weighted by atomic mass is 10.1. The molecule has 3 aromatic heterocycles. The van der Waals surface area contributed by atoms with Crippen LogP contribution in [-0.4, -0.2) is 26.1 Å². The molecule has 3 N–H and O–H groups in total. The molecule has 0 fully saturated rings. The summed E-state index contributed by atoms with van der Waals surface area (Å²) < 4.78 is 0. The van der Waals surface area contributed by atoms with E-state index >= 15 is 0 Å². The molecule has 3 heterocycles. The zero-order valence-electron chi connectivity index (χ0n) is 11.8. The molecule has 0 spiro atoms. The van der Waals surface area contributed by atoms with E-state index < -0.39 is 0 Å². The predicted molar refractivity (Wildman–Crippen MR) is 84.9 cm³/mol. The van der Waals surface area contributed by atoms with E-state index in [1.807, 2.05) is 31.2 Å². The van der Waals surface area contributed by atoms with Crippen LogP contribution in [0, 0.1) is 6.92 Å². The number of H-pyrrole nitrogens is 2. The molecular formula is C16H13N5O. The van der Waals surface area contributed by atoms with Crippen molar-refractivity contribution in [3.8, 4) is 0 Å². The fraction of sp³-hybridized carbons (Fsp3) is 0.0625. The van der Waals surface area contributed by atoms with Crippen molar-refractivity contribution < 1.29 is 4.79 Å². The second-order valence-electron chi connectivity index (χ2n) is 5.19. The summed E-state index contributed by atoms with van der Waals surface area (Å²) in [6.07, 6.45) is 3.37. The van der Waals surface area contributed by atoms with Crippen LogP contribution in [0.4, 0.5) is 5.69 Å². The van der Waals surface area contributed by atoms with Crippen molar-refractivity contribution in [1.29, 1.82) is 0 Å². The molecule has 0 unspecified atom stereocenters. The highest BCUT2D eigenvalue weighted by Crippen LogP contribution is 2.20. The number of amides is 1. The average molecular weight is 291 g/mol. The van der Waals surface area contributed by atoms with Gasteiger partial charge in [0, 0.05) is 22.7 Å². The number of fused-ring (bicyclic) bond motifs is 2. The van der Waals surface area contributed by atoms with Gasteiger partial charge >= 0.3 is 0 Å². The molecule has 0 saturated carbocycles. The Labute approximate surface area is 125 Å². The zero-order chi connectivity index (χ0) is 15.1. The number of nitrogens with one attached hydrogen (secondary N) is 3. The molecule has 0 aliphatic heterocycles. The SMILES string of the molecule is Cc1cc2cc(NC(=O)c3cccc4n[nH]cc34)cnc2[nH]1. The van der Waals surface area contributed by atoms with Gasteiger partial charge in [0.1, 0.15) is 5.65 Å². The highest BCUT2D eigenvalue weighted by Gasteiger charge is 2.12. The molecule has 1 amide bonds. The maximum atomic E-state index is 12.5. The zero-order valence-corrected chi connectivity index (χ0v) is 11.8. The van der Waals surface area contributed by atoms with Crippen molar-refractivity contribution in [2.75, 3.05) is 5.32 Å². The van der Waals surface area contributed by atoms with Crippen LogP contribution in [0.25, 0.3) is 21.9 Å². The topological polar surface area (TPSA) is 86.5 Å². The number of hydrogen-bond donors (Lipinski definition) is 3. The maximum Gasteiger partial charge on any atom is 0.256 e.